The van der Waals surface area contributed by atoms with E-state index in [0.29, 0.717) is 25.8 Å². The lowest BCUT2D eigenvalue weighted by molar-refractivity contribution is -0.138. The molecule has 6 heteroatoms. The summed E-state index contributed by atoms with van der Waals surface area (Å²) in [6, 6.07) is 7.80. The Balaban J connectivity index is 1.74. The van der Waals surface area contributed by atoms with Crippen LogP contribution in [-0.2, 0) is 21.5 Å². The molecule has 126 valence electrons. The maximum absolute atomic E-state index is 12.4. The van der Waals surface area contributed by atoms with Crippen LogP contribution in [0.3, 0.4) is 0 Å². The van der Waals surface area contributed by atoms with Gasteiger partial charge in [-0.1, -0.05) is 19.1 Å². The quantitative estimate of drug-likeness (QED) is 0.825. The van der Waals surface area contributed by atoms with Crippen LogP contribution in [0.4, 0.5) is 5.69 Å². The van der Waals surface area contributed by atoms with Gasteiger partial charge in [-0.2, -0.15) is 0 Å². The van der Waals surface area contributed by atoms with Gasteiger partial charge in [0.2, 0.25) is 11.8 Å². The minimum Gasteiger partial charge on any atom is -0.446 e. The van der Waals surface area contributed by atoms with Crippen molar-refractivity contribution in [1.82, 2.24) is 10.3 Å². The number of hydrogen-bond donors (Lipinski definition) is 2. The van der Waals surface area contributed by atoms with E-state index in [1.807, 2.05) is 38.1 Å². The third-order valence-corrected chi connectivity index (χ3v) is 4.81. The molecular weight excluding hydrogens is 306 g/mol. The number of nitrogens with one attached hydrogen (secondary N) is 2. The zero-order valence-corrected chi connectivity index (χ0v) is 13.9. The fraction of sp³-hybridized carbons (Fsp3) is 0.389. The number of benzene rings is 1. The number of rotatable bonds is 5. The largest absolute Gasteiger partial charge is 0.446 e. The molecule has 1 aliphatic heterocycles. The number of aromatic nitrogens is 1. The number of anilines is 1. The van der Waals surface area contributed by atoms with Crippen LogP contribution in [0.15, 0.2) is 35.1 Å². The molecule has 0 aliphatic carbocycles. The van der Waals surface area contributed by atoms with E-state index >= 15 is 0 Å². The standard InChI is InChI=1S/C18H21N3O3/c1-3-18(9-8-16(22)21-17(18)23)13-4-6-14(7-5-13)19-10-15-12(2)20-11-24-15/h4-7,11,19H,3,8-10H2,1-2H3,(H,21,22,23). The summed E-state index contributed by atoms with van der Waals surface area (Å²) in [7, 11) is 0. The highest BCUT2D eigenvalue weighted by molar-refractivity contribution is 6.03. The molecule has 1 aliphatic rings. The van der Waals surface area contributed by atoms with E-state index in [2.05, 4.69) is 15.6 Å². The van der Waals surface area contributed by atoms with Crippen molar-refractivity contribution in [2.24, 2.45) is 0 Å². The van der Waals surface area contributed by atoms with Gasteiger partial charge in [0.25, 0.3) is 0 Å². The molecule has 1 atom stereocenters. The first-order valence-electron chi connectivity index (χ1n) is 8.13. The van der Waals surface area contributed by atoms with E-state index in [-0.39, 0.29) is 11.8 Å². The molecule has 0 saturated carbocycles. The number of aryl methyl sites for hydroxylation is 1. The first-order chi connectivity index (χ1) is 11.5. The summed E-state index contributed by atoms with van der Waals surface area (Å²) in [6.45, 7) is 4.44. The Hall–Kier alpha value is -2.63. The van der Waals surface area contributed by atoms with Gasteiger partial charge in [-0.15, -0.1) is 0 Å². The second-order valence-electron chi connectivity index (χ2n) is 6.10. The molecular formula is C18H21N3O3. The molecule has 1 saturated heterocycles. The molecule has 0 spiro atoms. The fourth-order valence-corrected chi connectivity index (χ4v) is 3.15. The monoisotopic (exact) mass is 327 g/mol. The van der Waals surface area contributed by atoms with Crippen LogP contribution in [0.25, 0.3) is 0 Å². The molecule has 1 fully saturated rings. The van der Waals surface area contributed by atoms with Gasteiger partial charge in [0, 0.05) is 12.1 Å². The van der Waals surface area contributed by atoms with Crippen LogP contribution in [0.5, 0.6) is 0 Å². The van der Waals surface area contributed by atoms with Crippen molar-refractivity contribution in [2.75, 3.05) is 5.32 Å². The van der Waals surface area contributed by atoms with Crippen molar-refractivity contribution < 1.29 is 14.0 Å². The highest BCUT2D eigenvalue weighted by Gasteiger charge is 2.42. The number of oxazole rings is 1. The van der Waals surface area contributed by atoms with Crippen LogP contribution in [0, 0.1) is 6.92 Å². The number of carbonyl (C=O) groups is 2. The van der Waals surface area contributed by atoms with Gasteiger partial charge < -0.3 is 9.73 Å². The lowest BCUT2D eigenvalue weighted by atomic mass is 9.72. The topological polar surface area (TPSA) is 84.2 Å². The van der Waals surface area contributed by atoms with Gasteiger partial charge in [-0.05, 0) is 37.5 Å². The summed E-state index contributed by atoms with van der Waals surface area (Å²) in [6.07, 6.45) is 3.03. The lowest BCUT2D eigenvalue weighted by Crippen LogP contribution is -2.51. The second-order valence-corrected chi connectivity index (χ2v) is 6.10. The Morgan fingerprint density at radius 3 is 2.62 bits per heavy atom. The van der Waals surface area contributed by atoms with Crippen LogP contribution in [-0.4, -0.2) is 16.8 Å². The number of carbonyl (C=O) groups excluding carboxylic acids is 2. The van der Waals surface area contributed by atoms with Crippen LogP contribution in [0.2, 0.25) is 0 Å². The maximum Gasteiger partial charge on any atom is 0.237 e. The second kappa shape index (κ2) is 6.47. The number of imide groups is 1. The average Bonchev–Trinajstić information content (AvgIpc) is 2.99. The van der Waals surface area contributed by atoms with Crippen LogP contribution >= 0.6 is 0 Å². The van der Waals surface area contributed by atoms with Crippen molar-refractivity contribution in [3.05, 3.63) is 47.7 Å². The molecule has 0 radical (unpaired) electrons. The van der Waals surface area contributed by atoms with Crippen molar-refractivity contribution in [2.45, 2.75) is 45.1 Å². The number of amides is 2. The summed E-state index contributed by atoms with van der Waals surface area (Å²) in [5, 5.41) is 5.75. The Labute approximate surface area is 140 Å². The highest BCUT2D eigenvalue weighted by Crippen LogP contribution is 2.36. The predicted molar refractivity (Wildman–Crippen MR) is 89.4 cm³/mol. The smallest absolute Gasteiger partial charge is 0.237 e. The van der Waals surface area contributed by atoms with Gasteiger partial charge >= 0.3 is 0 Å². The maximum atomic E-state index is 12.4. The molecule has 2 N–H and O–H groups in total. The molecule has 24 heavy (non-hydrogen) atoms. The first-order valence-corrected chi connectivity index (χ1v) is 8.13. The van der Waals surface area contributed by atoms with Gasteiger partial charge in [0.15, 0.2) is 6.39 Å². The lowest BCUT2D eigenvalue weighted by Gasteiger charge is -2.35. The Kier molecular flexibility index (Phi) is 4.38. The normalized spacial score (nSPS) is 20.8. The van der Waals surface area contributed by atoms with Crippen molar-refractivity contribution in [1.29, 1.82) is 0 Å². The molecule has 2 heterocycles. The molecule has 1 aromatic heterocycles. The SMILES string of the molecule is CCC1(c2ccc(NCc3ocnc3C)cc2)CCC(=O)NC1=O. The molecule has 0 bridgehead atoms. The van der Waals surface area contributed by atoms with E-state index in [9.17, 15) is 9.59 Å². The Bertz CT molecular complexity index is 751. The Morgan fingerprint density at radius 2 is 2.04 bits per heavy atom. The molecule has 2 aromatic rings. The van der Waals surface area contributed by atoms with Crippen LogP contribution < -0.4 is 10.6 Å². The fourth-order valence-electron chi connectivity index (χ4n) is 3.15. The van der Waals surface area contributed by atoms with Gasteiger partial charge in [0.05, 0.1) is 17.7 Å². The van der Waals surface area contributed by atoms with Gasteiger partial charge in [-0.25, -0.2) is 4.98 Å². The molecule has 1 aromatic carbocycles. The molecule has 2 amide bonds. The zero-order valence-electron chi connectivity index (χ0n) is 13.9. The van der Waals surface area contributed by atoms with E-state index in [1.165, 1.54) is 6.39 Å². The van der Waals surface area contributed by atoms with Crippen LogP contribution in [0.1, 0.15) is 43.2 Å². The van der Waals surface area contributed by atoms with Crippen molar-refractivity contribution in [3.63, 3.8) is 0 Å². The highest BCUT2D eigenvalue weighted by atomic mass is 16.3. The van der Waals surface area contributed by atoms with E-state index in [0.717, 1.165) is 22.7 Å². The first kappa shape index (κ1) is 16.2. The van der Waals surface area contributed by atoms with Gasteiger partial charge in [-0.3, -0.25) is 14.9 Å². The number of hydrogen-bond acceptors (Lipinski definition) is 5. The van der Waals surface area contributed by atoms with E-state index < -0.39 is 5.41 Å². The zero-order chi connectivity index (χ0) is 17.2. The molecule has 6 nitrogen and oxygen atoms in total. The summed E-state index contributed by atoms with van der Waals surface area (Å²) in [4.78, 5) is 27.9. The molecule has 1 unspecified atom stereocenters. The van der Waals surface area contributed by atoms with Gasteiger partial charge in [0.1, 0.15) is 5.76 Å². The summed E-state index contributed by atoms with van der Waals surface area (Å²) < 4.78 is 5.30. The van der Waals surface area contributed by atoms with E-state index in [4.69, 9.17) is 4.42 Å². The average molecular weight is 327 g/mol. The summed E-state index contributed by atoms with van der Waals surface area (Å²) >= 11 is 0. The van der Waals surface area contributed by atoms with E-state index in [1.54, 1.807) is 0 Å². The Morgan fingerprint density at radius 1 is 1.29 bits per heavy atom. The minimum absolute atomic E-state index is 0.190. The predicted octanol–water partition coefficient (Wildman–Crippen LogP) is 2.68. The minimum atomic E-state index is -0.617. The van der Waals surface area contributed by atoms with Crippen molar-refractivity contribution in [3.8, 4) is 0 Å². The number of nitrogens with zero attached hydrogens (tertiary/aromatic N) is 1. The number of piperidine rings is 1. The third kappa shape index (κ3) is 2.91. The molecule has 3 rings (SSSR count). The van der Waals surface area contributed by atoms with Crippen molar-refractivity contribution >= 4 is 17.5 Å². The third-order valence-electron chi connectivity index (χ3n) is 4.81. The summed E-state index contributed by atoms with van der Waals surface area (Å²) in [5.74, 6) is 0.415. The summed E-state index contributed by atoms with van der Waals surface area (Å²) in [5.41, 5.74) is 2.13.